The number of benzene rings is 2. The van der Waals surface area contributed by atoms with E-state index in [1.807, 2.05) is 0 Å². The van der Waals surface area contributed by atoms with Crippen LogP contribution in [-0.2, 0) is 19.6 Å². The third-order valence-electron chi connectivity index (χ3n) is 3.19. The number of nitrogens with one attached hydrogen (secondary N) is 2. The smallest absolute Gasteiger partial charge is 0.417 e. The van der Waals surface area contributed by atoms with Crippen LogP contribution < -0.4 is 14.8 Å². The minimum atomic E-state index is -3.90. The van der Waals surface area contributed by atoms with E-state index < -0.39 is 34.2 Å². The number of esters is 1. The van der Waals surface area contributed by atoms with Crippen LogP contribution in [0.1, 0.15) is 20.8 Å². The molecule has 2 aromatic rings. The van der Waals surface area contributed by atoms with Crippen molar-refractivity contribution in [2.75, 3.05) is 11.9 Å². The van der Waals surface area contributed by atoms with Gasteiger partial charge in [-0.1, -0.05) is 18.2 Å². The highest BCUT2D eigenvalue weighted by Gasteiger charge is 2.20. The number of anilines is 1. The van der Waals surface area contributed by atoms with E-state index in [9.17, 15) is 18.0 Å². The van der Waals surface area contributed by atoms with Gasteiger partial charge in [-0.05, 0) is 57.2 Å². The maximum absolute atomic E-state index is 12.2. The molecule has 8 nitrogen and oxygen atoms in total. The maximum Gasteiger partial charge on any atom is 0.417 e. The summed E-state index contributed by atoms with van der Waals surface area (Å²) < 4.78 is 36.8. The fraction of sp³-hybridized carbons (Fsp3) is 0.263. The third kappa shape index (κ3) is 7.01. The van der Waals surface area contributed by atoms with Crippen molar-refractivity contribution < 1.29 is 27.5 Å². The van der Waals surface area contributed by atoms with E-state index in [1.165, 1.54) is 24.3 Å². The Hall–Kier alpha value is -2.91. The Labute approximate surface area is 163 Å². The summed E-state index contributed by atoms with van der Waals surface area (Å²) in [4.78, 5) is 23.4. The lowest BCUT2D eigenvalue weighted by molar-refractivity contribution is -0.153. The summed E-state index contributed by atoms with van der Waals surface area (Å²) >= 11 is 0. The Morgan fingerprint density at radius 1 is 0.964 bits per heavy atom. The van der Waals surface area contributed by atoms with E-state index in [1.54, 1.807) is 51.1 Å². The van der Waals surface area contributed by atoms with Gasteiger partial charge in [0.2, 0.25) is 10.0 Å². The second-order valence-corrected chi connectivity index (χ2v) is 8.53. The van der Waals surface area contributed by atoms with Crippen molar-refractivity contribution >= 4 is 27.8 Å². The summed E-state index contributed by atoms with van der Waals surface area (Å²) in [5, 5.41) is 2.49. The lowest BCUT2D eigenvalue weighted by Gasteiger charge is -2.19. The number of sulfonamides is 1. The summed E-state index contributed by atoms with van der Waals surface area (Å²) in [5.74, 6) is -0.302. The highest BCUT2D eigenvalue weighted by atomic mass is 32.2. The maximum atomic E-state index is 12.2. The van der Waals surface area contributed by atoms with E-state index in [-0.39, 0.29) is 4.90 Å². The highest BCUT2D eigenvalue weighted by molar-refractivity contribution is 7.89. The van der Waals surface area contributed by atoms with E-state index in [0.717, 1.165) is 0 Å². The zero-order valence-corrected chi connectivity index (χ0v) is 16.6. The monoisotopic (exact) mass is 406 g/mol. The van der Waals surface area contributed by atoms with Gasteiger partial charge < -0.3 is 9.47 Å². The van der Waals surface area contributed by atoms with Crippen LogP contribution in [0, 0.1) is 0 Å². The quantitative estimate of drug-likeness (QED) is 0.714. The number of hydrogen-bond donors (Lipinski definition) is 2. The molecule has 0 fully saturated rings. The zero-order chi connectivity index (χ0) is 20.8. The van der Waals surface area contributed by atoms with Gasteiger partial charge in [-0.15, -0.1) is 0 Å². The number of para-hydroxylation sites is 1. The molecular weight excluding hydrogens is 384 g/mol. The number of hydrogen-bond acceptors (Lipinski definition) is 6. The standard InChI is InChI=1S/C19H22N2O6S/c1-19(2,3)27-17(22)13-20-28(24,25)16-11-9-14(10-12-16)21-18(23)26-15-7-5-4-6-8-15/h4-12,20H,13H2,1-3H3,(H,21,23). The fourth-order valence-corrected chi connectivity index (χ4v) is 3.04. The topological polar surface area (TPSA) is 111 Å². The molecule has 0 saturated heterocycles. The van der Waals surface area contributed by atoms with Gasteiger partial charge in [0.25, 0.3) is 0 Å². The first kappa shape index (κ1) is 21.4. The molecule has 0 aliphatic rings. The molecular formula is C19H22N2O6S. The predicted octanol–water partition coefficient (Wildman–Crippen LogP) is 2.92. The number of amides is 1. The van der Waals surface area contributed by atoms with Gasteiger partial charge in [0, 0.05) is 5.69 Å². The summed E-state index contributed by atoms with van der Waals surface area (Å²) in [6.07, 6.45) is -0.704. The molecule has 0 saturated carbocycles. The summed E-state index contributed by atoms with van der Waals surface area (Å²) in [5.41, 5.74) is -0.350. The van der Waals surface area contributed by atoms with E-state index in [0.29, 0.717) is 11.4 Å². The second kappa shape index (κ2) is 8.85. The van der Waals surface area contributed by atoms with Gasteiger partial charge in [0.1, 0.15) is 17.9 Å². The number of carbonyl (C=O) groups excluding carboxylic acids is 2. The van der Waals surface area contributed by atoms with E-state index >= 15 is 0 Å². The van der Waals surface area contributed by atoms with Crippen molar-refractivity contribution in [3.8, 4) is 5.75 Å². The van der Waals surface area contributed by atoms with Crippen molar-refractivity contribution in [2.45, 2.75) is 31.3 Å². The lowest BCUT2D eigenvalue weighted by Crippen LogP contribution is -2.34. The van der Waals surface area contributed by atoms with Gasteiger partial charge in [0.15, 0.2) is 0 Å². The first-order chi connectivity index (χ1) is 13.0. The third-order valence-corrected chi connectivity index (χ3v) is 4.61. The van der Waals surface area contributed by atoms with Crippen LogP contribution in [0.4, 0.5) is 10.5 Å². The molecule has 0 radical (unpaired) electrons. The molecule has 2 N–H and O–H groups in total. The van der Waals surface area contributed by atoms with Gasteiger partial charge in [-0.25, -0.2) is 13.2 Å². The van der Waals surface area contributed by atoms with E-state index in [4.69, 9.17) is 9.47 Å². The van der Waals surface area contributed by atoms with Gasteiger partial charge >= 0.3 is 12.1 Å². The first-order valence-electron chi connectivity index (χ1n) is 8.41. The predicted molar refractivity (Wildman–Crippen MR) is 104 cm³/mol. The molecule has 150 valence electrons. The largest absolute Gasteiger partial charge is 0.459 e. The minimum Gasteiger partial charge on any atom is -0.459 e. The molecule has 0 bridgehead atoms. The fourth-order valence-electron chi connectivity index (χ4n) is 2.07. The van der Waals surface area contributed by atoms with Crippen LogP contribution in [0.25, 0.3) is 0 Å². The van der Waals surface area contributed by atoms with Crippen LogP contribution >= 0.6 is 0 Å². The average Bonchev–Trinajstić information content (AvgIpc) is 2.60. The second-order valence-electron chi connectivity index (χ2n) is 6.76. The highest BCUT2D eigenvalue weighted by Crippen LogP contribution is 2.15. The Bertz CT molecular complexity index is 919. The van der Waals surface area contributed by atoms with Gasteiger partial charge in [0.05, 0.1) is 4.90 Å². The van der Waals surface area contributed by atoms with Gasteiger partial charge in [-0.2, -0.15) is 4.72 Å². The van der Waals surface area contributed by atoms with Crippen LogP contribution in [0.5, 0.6) is 5.75 Å². The molecule has 0 aromatic heterocycles. The summed E-state index contributed by atoms with van der Waals surface area (Å²) in [6.45, 7) is 4.58. The molecule has 0 aliphatic carbocycles. The summed E-state index contributed by atoms with van der Waals surface area (Å²) in [6, 6.07) is 13.9. The van der Waals surface area contributed by atoms with Crippen molar-refractivity contribution in [3.63, 3.8) is 0 Å². The van der Waals surface area contributed by atoms with Crippen LogP contribution in [0.15, 0.2) is 59.5 Å². The van der Waals surface area contributed by atoms with Crippen LogP contribution in [0.2, 0.25) is 0 Å². The Morgan fingerprint density at radius 3 is 2.14 bits per heavy atom. The molecule has 0 spiro atoms. The van der Waals surface area contributed by atoms with Gasteiger partial charge in [-0.3, -0.25) is 10.1 Å². The Morgan fingerprint density at radius 2 is 1.57 bits per heavy atom. The molecule has 0 unspecified atom stereocenters. The zero-order valence-electron chi connectivity index (χ0n) is 15.8. The normalized spacial score (nSPS) is 11.5. The number of carbonyl (C=O) groups is 2. The SMILES string of the molecule is CC(C)(C)OC(=O)CNS(=O)(=O)c1ccc(NC(=O)Oc2ccccc2)cc1. The molecule has 0 aliphatic heterocycles. The number of ether oxygens (including phenoxy) is 2. The molecule has 0 atom stereocenters. The Kier molecular flexibility index (Phi) is 6.76. The minimum absolute atomic E-state index is 0.0574. The molecule has 2 rings (SSSR count). The van der Waals surface area contributed by atoms with Crippen LogP contribution in [0.3, 0.4) is 0 Å². The van der Waals surface area contributed by atoms with E-state index in [2.05, 4.69) is 10.0 Å². The molecule has 2 aromatic carbocycles. The molecule has 9 heteroatoms. The molecule has 28 heavy (non-hydrogen) atoms. The number of rotatable bonds is 6. The molecule has 0 heterocycles. The lowest BCUT2D eigenvalue weighted by atomic mass is 10.2. The van der Waals surface area contributed by atoms with Crippen molar-refractivity contribution in [1.29, 1.82) is 0 Å². The van der Waals surface area contributed by atoms with Crippen LogP contribution in [-0.4, -0.2) is 32.6 Å². The first-order valence-corrected chi connectivity index (χ1v) is 9.89. The van der Waals surface area contributed by atoms with Crippen molar-refractivity contribution in [1.82, 2.24) is 4.72 Å². The Balaban J connectivity index is 1.93. The molecule has 1 amide bonds. The van der Waals surface area contributed by atoms with Crippen molar-refractivity contribution in [3.05, 3.63) is 54.6 Å². The average molecular weight is 406 g/mol. The van der Waals surface area contributed by atoms with Crippen molar-refractivity contribution in [2.24, 2.45) is 0 Å². The summed E-state index contributed by atoms with van der Waals surface area (Å²) in [7, 11) is -3.90.